The van der Waals surface area contributed by atoms with E-state index in [4.69, 9.17) is 23.2 Å². The highest BCUT2D eigenvalue weighted by Crippen LogP contribution is 2.27. The van der Waals surface area contributed by atoms with Gasteiger partial charge in [-0.25, -0.2) is 0 Å². The summed E-state index contributed by atoms with van der Waals surface area (Å²) in [5.74, 6) is 0. The Hall–Kier alpha value is -1.56. The van der Waals surface area contributed by atoms with Gasteiger partial charge in [0.25, 0.3) is 5.56 Å². The normalized spacial score (nSPS) is 19.0. The molecule has 0 N–H and O–H groups in total. The molecule has 1 saturated carbocycles. The molecule has 0 radical (unpaired) electrons. The molecule has 1 aromatic heterocycles. The number of hydrogen-bond donors (Lipinski definition) is 0. The average molecular weight is 407 g/mol. The van der Waals surface area contributed by atoms with Crippen LogP contribution in [0.1, 0.15) is 31.2 Å². The van der Waals surface area contributed by atoms with Gasteiger partial charge in [-0.1, -0.05) is 42.1 Å². The summed E-state index contributed by atoms with van der Waals surface area (Å²) in [7, 11) is 0. The second-order valence-corrected chi connectivity index (χ2v) is 8.24. The van der Waals surface area contributed by atoms with Gasteiger partial charge in [-0.2, -0.15) is 9.78 Å². The Kier molecular flexibility index (Phi) is 5.44. The molecule has 0 atom stereocenters. The SMILES string of the molecule is Cc1ccc(-n2ncc(N3CCN(C4CCCC4)CC3)c(Cl)c2=O)cc1Cl. The number of rotatable bonds is 3. The summed E-state index contributed by atoms with van der Waals surface area (Å²) < 4.78 is 1.31. The molecule has 2 heterocycles. The second kappa shape index (κ2) is 7.82. The van der Waals surface area contributed by atoms with Crippen molar-refractivity contribution in [3.63, 3.8) is 0 Å². The molecule has 2 aliphatic rings. The first kappa shape index (κ1) is 18.8. The Morgan fingerprint density at radius 1 is 1.07 bits per heavy atom. The van der Waals surface area contributed by atoms with Crippen molar-refractivity contribution < 1.29 is 0 Å². The summed E-state index contributed by atoms with van der Waals surface area (Å²) in [6.45, 7) is 5.69. The molecule has 2 aromatic rings. The predicted octanol–water partition coefficient (Wildman–Crippen LogP) is 3.91. The fraction of sp³-hybridized carbons (Fsp3) is 0.500. The third kappa shape index (κ3) is 3.73. The van der Waals surface area contributed by atoms with Crippen molar-refractivity contribution in [3.05, 3.63) is 50.4 Å². The van der Waals surface area contributed by atoms with E-state index < -0.39 is 0 Å². The number of hydrogen-bond acceptors (Lipinski definition) is 4. The Balaban J connectivity index is 1.54. The van der Waals surface area contributed by atoms with Gasteiger partial charge in [-0.3, -0.25) is 9.69 Å². The minimum atomic E-state index is -0.313. The molecular weight excluding hydrogens is 383 g/mol. The van der Waals surface area contributed by atoms with E-state index in [0.717, 1.165) is 43.5 Å². The van der Waals surface area contributed by atoms with Crippen LogP contribution in [0.15, 0.2) is 29.2 Å². The van der Waals surface area contributed by atoms with Crippen LogP contribution in [0.3, 0.4) is 0 Å². The molecule has 7 heteroatoms. The maximum Gasteiger partial charge on any atom is 0.292 e. The third-order valence-electron chi connectivity index (χ3n) is 5.80. The number of piperazine rings is 1. The van der Waals surface area contributed by atoms with E-state index in [0.29, 0.717) is 10.7 Å². The first-order valence-electron chi connectivity index (χ1n) is 9.58. The fourth-order valence-electron chi connectivity index (χ4n) is 4.14. The molecule has 1 aliphatic carbocycles. The summed E-state index contributed by atoms with van der Waals surface area (Å²) in [5, 5.41) is 5.18. The number of nitrogens with zero attached hydrogens (tertiary/aromatic N) is 4. The smallest absolute Gasteiger partial charge is 0.292 e. The van der Waals surface area contributed by atoms with Crippen LogP contribution < -0.4 is 10.5 Å². The molecule has 1 aliphatic heterocycles. The van der Waals surface area contributed by atoms with Gasteiger partial charge in [0, 0.05) is 37.2 Å². The maximum absolute atomic E-state index is 12.8. The van der Waals surface area contributed by atoms with Crippen LogP contribution >= 0.6 is 23.2 Å². The second-order valence-electron chi connectivity index (χ2n) is 7.46. The van der Waals surface area contributed by atoms with Crippen molar-refractivity contribution in [2.24, 2.45) is 0 Å². The fourth-order valence-corrected chi connectivity index (χ4v) is 4.56. The highest BCUT2D eigenvalue weighted by atomic mass is 35.5. The first-order valence-corrected chi connectivity index (χ1v) is 10.3. The molecule has 0 unspecified atom stereocenters. The molecule has 27 heavy (non-hydrogen) atoms. The summed E-state index contributed by atoms with van der Waals surface area (Å²) in [6, 6.07) is 6.17. The summed E-state index contributed by atoms with van der Waals surface area (Å²) in [5.41, 5.74) is 1.99. The van der Waals surface area contributed by atoms with E-state index in [9.17, 15) is 4.79 Å². The summed E-state index contributed by atoms with van der Waals surface area (Å²) in [6.07, 6.45) is 7.03. The highest BCUT2D eigenvalue weighted by Gasteiger charge is 2.27. The van der Waals surface area contributed by atoms with Gasteiger partial charge < -0.3 is 4.90 Å². The first-order chi connectivity index (χ1) is 13.0. The van der Waals surface area contributed by atoms with Crippen LogP contribution in [0.5, 0.6) is 0 Å². The standard InChI is InChI=1S/C20H24Cl2N4O/c1-14-6-7-16(12-17(14)21)26-20(27)19(22)18(13-23-26)25-10-8-24(9-11-25)15-4-2-3-5-15/h6-7,12-13,15H,2-5,8-11H2,1H3. The Bertz CT molecular complexity index is 884. The van der Waals surface area contributed by atoms with Crippen LogP contribution in [0.2, 0.25) is 10.0 Å². The van der Waals surface area contributed by atoms with Gasteiger partial charge in [0.1, 0.15) is 5.02 Å². The van der Waals surface area contributed by atoms with Gasteiger partial charge in [-0.15, -0.1) is 0 Å². The lowest BCUT2D eigenvalue weighted by Gasteiger charge is -2.39. The van der Waals surface area contributed by atoms with Crippen molar-refractivity contribution in [2.75, 3.05) is 31.1 Å². The molecule has 1 aromatic carbocycles. The average Bonchev–Trinajstić information content (AvgIpc) is 3.21. The van der Waals surface area contributed by atoms with Crippen molar-refractivity contribution in [1.29, 1.82) is 0 Å². The van der Waals surface area contributed by atoms with Gasteiger partial charge in [0.15, 0.2) is 0 Å². The molecular formula is C20H24Cl2N4O. The Labute approximate surface area is 169 Å². The quantitative estimate of drug-likeness (QED) is 0.774. The van der Waals surface area contributed by atoms with Gasteiger partial charge in [0.2, 0.25) is 0 Å². The minimum absolute atomic E-state index is 0.219. The molecule has 144 valence electrons. The molecule has 2 fully saturated rings. The van der Waals surface area contributed by atoms with E-state index in [1.165, 1.54) is 30.4 Å². The zero-order valence-corrected chi connectivity index (χ0v) is 17.0. The third-order valence-corrected chi connectivity index (χ3v) is 6.56. The van der Waals surface area contributed by atoms with Crippen molar-refractivity contribution in [3.8, 4) is 5.69 Å². The Morgan fingerprint density at radius 3 is 2.44 bits per heavy atom. The largest absolute Gasteiger partial charge is 0.366 e. The van der Waals surface area contributed by atoms with Crippen molar-refractivity contribution >= 4 is 28.9 Å². The topological polar surface area (TPSA) is 41.4 Å². The number of benzene rings is 1. The van der Waals surface area contributed by atoms with E-state index in [1.54, 1.807) is 12.3 Å². The number of anilines is 1. The lowest BCUT2D eigenvalue weighted by atomic mass is 10.1. The number of aromatic nitrogens is 2. The van der Waals surface area contributed by atoms with Crippen molar-refractivity contribution in [1.82, 2.24) is 14.7 Å². The summed E-state index contributed by atoms with van der Waals surface area (Å²) in [4.78, 5) is 17.5. The lowest BCUT2D eigenvalue weighted by Crippen LogP contribution is -2.50. The molecule has 1 saturated heterocycles. The zero-order valence-electron chi connectivity index (χ0n) is 15.5. The number of halogens is 2. The van der Waals surface area contributed by atoms with Gasteiger partial charge >= 0.3 is 0 Å². The monoisotopic (exact) mass is 406 g/mol. The van der Waals surface area contributed by atoms with E-state index >= 15 is 0 Å². The van der Waals surface area contributed by atoms with E-state index in [2.05, 4.69) is 14.9 Å². The lowest BCUT2D eigenvalue weighted by molar-refractivity contribution is 0.187. The predicted molar refractivity (Wildman–Crippen MR) is 111 cm³/mol. The minimum Gasteiger partial charge on any atom is -0.366 e. The van der Waals surface area contributed by atoms with Crippen LogP contribution in [-0.2, 0) is 0 Å². The van der Waals surface area contributed by atoms with Crippen molar-refractivity contribution in [2.45, 2.75) is 38.6 Å². The van der Waals surface area contributed by atoms with Gasteiger partial charge in [-0.05, 0) is 37.5 Å². The van der Waals surface area contributed by atoms with Gasteiger partial charge in [0.05, 0.1) is 17.6 Å². The number of aryl methyl sites for hydroxylation is 1. The molecule has 4 rings (SSSR count). The van der Waals surface area contributed by atoms with Crippen LogP contribution in [0.25, 0.3) is 5.69 Å². The van der Waals surface area contributed by atoms with Crippen LogP contribution in [-0.4, -0.2) is 46.9 Å². The molecule has 0 spiro atoms. The molecule has 5 nitrogen and oxygen atoms in total. The Morgan fingerprint density at radius 2 is 1.78 bits per heavy atom. The van der Waals surface area contributed by atoms with E-state index in [1.807, 2.05) is 19.1 Å². The van der Waals surface area contributed by atoms with E-state index in [-0.39, 0.29) is 10.6 Å². The summed E-state index contributed by atoms with van der Waals surface area (Å²) >= 11 is 12.6. The maximum atomic E-state index is 12.8. The van der Waals surface area contributed by atoms with Crippen LogP contribution in [0.4, 0.5) is 5.69 Å². The zero-order chi connectivity index (χ0) is 19.0. The van der Waals surface area contributed by atoms with Crippen LogP contribution in [0, 0.1) is 6.92 Å². The molecule has 0 amide bonds. The molecule has 0 bridgehead atoms. The highest BCUT2D eigenvalue weighted by molar-refractivity contribution is 6.33.